The maximum Gasteiger partial charge on any atom is 0.0314 e. The zero-order valence-corrected chi connectivity index (χ0v) is 28.3. The molecule has 240 valence electrons. The van der Waals surface area contributed by atoms with Crippen LogP contribution in [0.15, 0.2) is 97.1 Å². The topological polar surface area (TPSA) is 52.0 Å². The van der Waals surface area contributed by atoms with Gasteiger partial charge in [-0.3, -0.25) is 0 Å². The van der Waals surface area contributed by atoms with E-state index in [1.807, 2.05) is 0 Å². The number of unbranched alkanes of at least 4 members (excludes halogenated alkanes) is 7. The van der Waals surface area contributed by atoms with E-state index in [4.69, 9.17) is 11.5 Å². The number of rotatable bonds is 19. The van der Waals surface area contributed by atoms with E-state index in [-0.39, 0.29) is 0 Å². The van der Waals surface area contributed by atoms with Crippen molar-refractivity contribution in [2.24, 2.45) is 0 Å². The highest BCUT2D eigenvalue weighted by molar-refractivity contribution is 5.45. The fourth-order valence-corrected chi connectivity index (χ4v) is 6.91. The third-order valence-corrected chi connectivity index (χ3v) is 9.70. The van der Waals surface area contributed by atoms with Crippen molar-refractivity contribution in [3.8, 4) is 0 Å². The third-order valence-electron chi connectivity index (χ3n) is 9.70. The first-order chi connectivity index (χ1) is 22.0. The molecule has 2 nitrogen and oxygen atoms in total. The van der Waals surface area contributed by atoms with Crippen LogP contribution in [0.3, 0.4) is 0 Å². The van der Waals surface area contributed by atoms with Gasteiger partial charge in [-0.2, -0.15) is 0 Å². The molecular weight excluding hydrogens is 544 g/mol. The van der Waals surface area contributed by atoms with E-state index in [1.165, 1.54) is 117 Å². The van der Waals surface area contributed by atoms with Gasteiger partial charge in [-0.25, -0.2) is 0 Å². The molecule has 0 aliphatic rings. The Morgan fingerprint density at radius 1 is 0.333 bits per heavy atom. The minimum atomic E-state index is 0.409. The van der Waals surface area contributed by atoms with Crippen LogP contribution < -0.4 is 11.5 Å². The van der Waals surface area contributed by atoms with Crippen LogP contribution in [0, 0.1) is 0 Å². The first-order valence-electron chi connectivity index (χ1n) is 17.9. The summed E-state index contributed by atoms with van der Waals surface area (Å²) in [4.78, 5) is 0. The molecule has 0 bridgehead atoms. The van der Waals surface area contributed by atoms with Gasteiger partial charge in [0.05, 0.1) is 0 Å². The van der Waals surface area contributed by atoms with Gasteiger partial charge >= 0.3 is 0 Å². The molecule has 0 saturated carbocycles. The Morgan fingerprint density at radius 2 is 0.578 bits per heavy atom. The van der Waals surface area contributed by atoms with Gasteiger partial charge in [0.25, 0.3) is 0 Å². The van der Waals surface area contributed by atoms with Crippen molar-refractivity contribution in [3.05, 3.63) is 130 Å². The second kappa shape index (κ2) is 18.4. The number of anilines is 2. The van der Waals surface area contributed by atoms with Crippen LogP contribution in [0.4, 0.5) is 11.4 Å². The second-order valence-electron chi connectivity index (χ2n) is 13.2. The first kappa shape index (κ1) is 34.4. The maximum atomic E-state index is 6.04. The Morgan fingerprint density at radius 3 is 0.844 bits per heavy atom. The smallest absolute Gasteiger partial charge is 0.0314 e. The van der Waals surface area contributed by atoms with Crippen molar-refractivity contribution >= 4 is 11.4 Å². The molecule has 2 atom stereocenters. The molecule has 0 spiro atoms. The Balaban J connectivity index is 1.57. The molecule has 0 heterocycles. The van der Waals surface area contributed by atoms with Crippen molar-refractivity contribution in [2.45, 2.75) is 122 Å². The predicted octanol–water partition coefficient (Wildman–Crippen LogP) is 12.4. The van der Waals surface area contributed by atoms with Gasteiger partial charge in [0.1, 0.15) is 0 Å². The van der Waals surface area contributed by atoms with E-state index in [2.05, 4.69) is 118 Å². The summed E-state index contributed by atoms with van der Waals surface area (Å²) >= 11 is 0. The lowest BCUT2D eigenvalue weighted by atomic mass is 9.82. The summed E-state index contributed by atoms with van der Waals surface area (Å²) in [5.74, 6) is 1.23. The van der Waals surface area contributed by atoms with Crippen LogP contribution in [0.5, 0.6) is 0 Å². The standard InChI is InChI=1S/C43H58N2/c1-4-7-10-12-15-42(37-25-29-39(44)30-26-37)35-21-17-33(18-22-35)41(14-9-6-3)34-19-23-36(24-20-34)43(16-13-11-8-5-2)38-27-31-40(45)32-28-38/h17-32,41-43H,4-16,44-45H2,1-3H3. The SMILES string of the molecule is CCCCCCC(c1ccc(N)cc1)c1ccc(C(CCCC)c2ccc(C(CCCCCC)c3ccc(N)cc3)cc2)cc1. The normalized spacial score (nSPS) is 13.4. The molecule has 45 heavy (non-hydrogen) atoms. The van der Waals surface area contributed by atoms with Crippen molar-refractivity contribution < 1.29 is 0 Å². The summed E-state index contributed by atoms with van der Waals surface area (Å²) in [6.45, 7) is 6.87. The quantitative estimate of drug-likeness (QED) is 0.0828. The molecule has 4 aromatic rings. The van der Waals surface area contributed by atoms with Gasteiger partial charge in [-0.15, -0.1) is 0 Å². The van der Waals surface area contributed by atoms with Crippen molar-refractivity contribution in [1.82, 2.24) is 0 Å². The van der Waals surface area contributed by atoms with Crippen LogP contribution in [0.1, 0.15) is 155 Å². The van der Waals surface area contributed by atoms with Crippen LogP contribution in [-0.2, 0) is 0 Å². The highest BCUT2D eigenvalue weighted by Crippen LogP contribution is 2.36. The fraction of sp³-hybridized carbons (Fsp3) is 0.442. The van der Waals surface area contributed by atoms with E-state index < -0.39 is 0 Å². The zero-order chi connectivity index (χ0) is 31.9. The second-order valence-corrected chi connectivity index (χ2v) is 13.2. The Bertz CT molecular complexity index is 1250. The van der Waals surface area contributed by atoms with Crippen LogP contribution >= 0.6 is 0 Å². The molecule has 0 aromatic heterocycles. The number of hydrogen-bond donors (Lipinski definition) is 2. The number of nitrogen functional groups attached to an aromatic ring is 2. The largest absolute Gasteiger partial charge is 0.399 e. The van der Waals surface area contributed by atoms with Gasteiger partial charge in [0, 0.05) is 29.1 Å². The minimum absolute atomic E-state index is 0.409. The van der Waals surface area contributed by atoms with Gasteiger partial charge in [0.15, 0.2) is 0 Å². The molecule has 2 unspecified atom stereocenters. The fourth-order valence-electron chi connectivity index (χ4n) is 6.91. The monoisotopic (exact) mass is 602 g/mol. The van der Waals surface area contributed by atoms with Gasteiger partial charge < -0.3 is 11.5 Å². The van der Waals surface area contributed by atoms with Crippen molar-refractivity contribution in [2.75, 3.05) is 11.5 Å². The summed E-state index contributed by atoms with van der Waals surface area (Å²) in [6, 6.07) is 36.3. The summed E-state index contributed by atoms with van der Waals surface area (Å²) in [5, 5.41) is 0. The number of nitrogens with two attached hydrogens (primary N) is 2. The van der Waals surface area contributed by atoms with E-state index >= 15 is 0 Å². The Labute approximate surface area is 274 Å². The molecule has 4 rings (SSSR count). The maximum absolute atomic E-state index is 6.04. The van der Waals surface area contributed by atoms with Crippen molar-refractivity contribution in [1.29, 1.82) is 0 Å². The highest BCUT2D eigenvalue weighted by Gasteiger charge is 2.19. The lowest BCUT2D eigenvalue weighted by Gasteiger charge is -2.23. The van der Waals surface area contributed by atoms with E-state index in [0.29, 0.717) is 17.8 Å². The first-order valence-corrected chi connectivity index (χ1v) is 17.9. The summed E-state index contributed by atoms with van der Waals surface area (Å²) in [5.41, 5.74) is 22.2. The lowest BCUT2D eigenvalue weighted by molar-refractivity contribution is 0.595. The van der Waals surface area contributed by atoms with Gasteiger partial charge in [-0.05, 0) is 76.9 Å². The molecule has 0 fully saturated rings. The summed E-state index contributed by atoms with van der Waals surface area (Å²) < 4.78 is 0. The van der Waals surface area contributed by atoms with E-state index in [0.717, 1.165) is 11.4 Å². The molecule has 0 radical (unpaired) electrons. The molecule has 0 amide bonds. The summed E-state index contributed by atoms with van der Waals surface area (Å²) in [7, 11) is 0. The van der Waals surface area contributed by atoms with E-state index in [9.17, 15) is 0 Å². The molecule has 2 heteroatoms. The van der Waals surface area contributed by atoms with Crippen LogP contribution in [0.25, 0.3) is 0 Å². The zero-order valence-electron chi connectivity index (χ0n) is 28.3. The van der Waals surface area contributed by atoms with Crippen LogP contribution in [-0.4, -0.2) is 0 Å². The Kier molecular flexibility index (Phi) is 14.1. The molecule has 4 N–H and O–H groups in total. The minimum Gasteiger partial charge on any atom is -0.399 e. The molecule has 0 aliphatic carbocycles. The van der Waals surface area contributed by atoms with Gasteiger partial charge in [0.2, 0.25) is 0 Å². The third kappa shape index (κ3) is 10.2. The van der Waals surface area contributed by atoms with Gasteiger partial charge in [-0.1, -0.05) is 158 Å². The average Bonchev–Trinajstić information content (AvgIpc) is 3.07. The molecule has 0 saturated heterocycles. The highest BCUT2D eigenvalue weighted by atomic mass is 14.5. The lowest BCUT2D eigenvalue weighted by Crippen LogP contribution is -2.06. The van der Waals surface area contributed by atoms with Crippen LogP contribution in [0.2, 0.25) is 0 Å². The molecule has 4 aromatic carbocycles. The number of benzene rings is 4. The average molecular weight is 603 g/mol. The summed E-state index contributed by atoms with van der Waals surface area (Å²) in [6.07, 6.45) is 16.2. The Hall–Kier alpha value is -3.52. The predicted molar refractivity (Wildman–Crippen MR) is 197 cm³/mol. The molecule has 0 aliphatic heterocycles. The molecular formula is C43H58N2. The van der Waals surface area contributed by atoms with Crippen molar-refractivity contribution in [3.63, 3.8) is 0 Å². The van der Waals surface area contributed by atoms with E-state index in [1.54, 1.807) is 0 Å². The number of hydrogen-bond acceptors (Lipinski definition) is 2.